The summed E-state index contributed by atoms with van der Waals surface area (Å²) in [6, 6.07) is 6.94. The third-order valence-corrected chi connectivity index (χ3v) is 4.37. The van der Waals surface area contributed by atoms with Crippen molar-refractivity contribution in [2.75, 3.05) is 13.2 Å². The van der Waals surface area contributed by atoms with Crippen molar-refractivity contribution in [3.63, 3.8) is 0 Å². The van der Waals surface area contributed by atoms with Crippen LogP contribution in [0.4, 0.5) is 0 Å². The smallest absolute Gasteiger partial charge is 0.122 e. The van der Waals surface area contributed by atoms with Crippen LogP contribution in [0.2, 0.25) is 0 Å². The van der Waals surface area contributed by atoms with E-state index < -0.39 is 0 Å². The molecule has 0 spiro atoms. The molecule has 2 rings (SSSR count). The largest absolute Gasteiger partial charge is 0.492 e. The molecule has 2 nitrogen and oxygen atoms in total. The van der Waals surface area contributed by atoms with Gasteiger partial charge in [0.25, 0.3) is 0 Å². The highest BCUT2D eigenvalue weighted by atomic mass is 16.5. The highest BCUT2D eigenvalue weighted by Gasteiger charge is 2.25. The zero-order valence-corrected chi connectivity index (χ0v) is 13.2. The van der Waals surface area contributed by atoms with E-state index in [1.807, 2.05) is 0 Å². The summed E-state index contributed by atoms with van der Waals surface area (Å²) in [7, 11) is 0. The van der Waals surface area contributed by atoms with Crippen molar-refractivity contribution in [3.8, 4) is 5.75 Å². The molecule has 0 radical (unpaired) electrons. The van der Waals surface area contributed by atoms with Crippen LogP contribution < -0.4 is 10.1 Å². The van der Waals surface area contributed by atoms with E-state index in [1.165, 1.54) is 43.2 Å². The molecule has 0 amide bonds. The second kappa shape index (κ2) is 7.68. The highest BCUT2D eigenvalue weighted by Crippen LogP contribution is 2.28. The summed E-state index contributed by atoms with van der Waals surface area (Å²) >= 11 is 0. The lowest BCUT2D eigenvalue weighted by Gasteiger charge is -2.25. The molecular weight excluding hydrogens is 246 g/mol. The fourth-order valence-electron chi connectivity index (χ4n) is 3.19. The van der Waals surface area contributed by atoms with Gasteiger partial charge in [0.2, 0.25) is 0 Å². The average Bonchev–Trinajstić information content (AvgIpc) is 2.95. The Labute approximate surface area is 123 Å². The van der Waals surface area contributed by atoms with Gasteiger partial charge in [0.15, 0.2) is 0 Å². The van der Waals surface area contributed by atoms with Crippen molar-refractivity contribution in [2.45, 2.75) is 58.9 Å². The molecule has 0 aliphatic heterocycles. The van der Waals surface area contributed by atoms with Gasteiger partial charge in [-0.3, -0.25) is 0 Å². The van der Waals surface area contributed by atoms with E-state index in [1.54, 1.807) is 0 Å². The minimum absolute atomic E-state index is 0.512. The lowest BCUT2D eigenvalue weighted by atomic mass is 9.98. The molecule has 1 atom stereocenters. The Balaban J connectivity index is 1.93. The zero-order valence-electron chi connectivity index (χ0n) is 13.2. The Morgan fingerprint density at radius 1 is 1.25 bits per heavy atom. The first-order valence-electron chi connectivity index (χ1n) is 8.14. The van der Waals surface area contributed by atoms with E-state index in [0.29, 0.717) is 6.04 Å². The lowest BCUT2D eigenvalue weighted by molar-refractivity contribution is 0.216. The third kappa shape index (κ3) is 4.24. The first-order chi connectivity index (χ1) is 9.70. The molecule has 1 aromatic carbocycles. The number of benzene rings is 1. The lowest BCUT2D eigenvalue weighted by Crippen LogP contribution is -2.40. The van der Waals surface area contributed by atoms with Gasteiger partial charge in [-0.05, 0) is 57.2 Å². The van der Waals surface area contributed by atoms with E-state index in [2.05, 4.69) is 44.3 Å². The van der Waals surface area contributed by atoms with Gasteiger partial charge in [-0.25, -0.2) is 0 Å². The number of nitrogens with one attached hydrogen (secondary N) is 1. The van der Waals surface area contributed by atoms with E-state index >= 15 is 0 Å². The number of rotatable bonds is 7. The summed E-state index contributed by atoms with van der Waals surface area (Å²) in [6.45, 7) is 8.38. The predicted molar refractivity (Wildman–Crippen MR) is 85.5 cm³/mol. The van der Waals surface area contributed by atoms with Crippen molar-refractivity contribution in [2.24, 2.45) is 5.92 Å². The Morgan fingerprint density at radius 2 is 2.00 bits per heavy atom. The molecule has 1 fully saturated rings. The maximum Gasteiger partial charge on any atom is 0.122 e. The van der Waals surface area contributed by atoms with Crippen molar-refractivity contribution in [3.05, 3.63) is 29.3 Å². The van der Waals surface area contributed by atoms with Crippen LogP contribution >= 0.6 is 0 Å². The van der Waals surface area contributed by atoms with Gasteiger partial charge >= 0.3 is 0 Å². The van der Waals surface area contributed by atoms with Gasteiger partial charge in [-0.1, -0.05) is 37.5 Å². The monoisotopic (exact) mass is 275 g/mol. The van der Waals surface area contributed by atoms with Crippen LogP contribution in [0, 0.1) is 19.8 Å². The van der Waals surface area contributed by atoms with Crippen LogP contribution in [0.5, 0.6) is 5.75 Å². The zero-order chi connectivity index (χ0) is 14.4. The summed E-state index contributed by atoms with van der Waals surface area (Å²) in [6.07, 6.45) is 6.68. The SMILES string of the molecule is CCCNC(COc1ccc(C)cc1C)C1CCCC1. The van der Waals surface area contributed by atoms with Crippen LogP contribution in [0.1, 0.15) is 50.2 Å². The molecular formula is C18H29NO. The molecule has 0 saturated heterocycles. The second-order valence-corrected chi connectivity index (χ2v) is 6.19. The summed E-state index contributed by atoms with van der Waals surface area (Å²) < 4.78 is 6.10. The van der Waals surface area contributed by atoms with Crippen LogP contribution in [-0.2, 0) is 0 Å². The molecule has 112 valence electrons. The molecule has 1 saturated carbocycles. The topological polar surface area (TPSA) is 21.3 Å². The van der Waals surface area contributed by atoms with Crippen molar-refractivity contribution in [1.82, 2.24) is 5.32 Å². The van der Waals surface area contributed by atoms with E-state index in [4.69, 9.17) is 4.74 Å². The van der Waals surface area contributed by atoms with Crippen molar-refractivity contribution >= 4 is 0 Å². The van der Waals surface area contributed by atoms with E-state index in [0.717, 1.165) is 24.8 Å². The van der Waals surface area contributed by atoms with Crippen LogP contribution in [0.3, 0.4) is 0 Å². The number of ether oxygens (including phenoxy) is 1. The molecule has 0 bridgehead atoms. The van der Waals surface area contributed by atoms with Crippen LogP contribution in [0.15, 0.2) is 18.2 Å². The van der Waals surface area contributed by atoms with Gasteiger partial charge in [0, 0.05) is 6.04 Å². The normalized spacial score (nSPS) is 17.4. The maximum atomic E-state index is 6.10. The molecule has 1 aliphatic rings. The van der Waals surface area contributed by atoms with E-state index in [9.17, 15) is 0 Å². The predicted octanol–water partition coefficient (Wildman–Crippen LogP) is 4.24. The molecule has 1 aliphatic carbocycles. The fraction of sp³-hybridized carbons (Fsp3) is 0.667. The molecule has 0 aromatic heterocycles. The highest BCUT2D eigenvalue weighted by molar-refractivity contribution is 5.35. The van der Waals surface area contributed by atoms with Crippen LogP contribution in [-0.4, -0.2) is 19.2 Å². The summed E-state index contributed by atoms with van der Waals surface area (Å²) in [5.41, 5.74) is 2.54. The molecule has 1 unspecified atom stereocenters. The molecule has 1 N–H and O–H groups in total. The van der Waals surface area contributed by atoms with Gasteiger partial charge in [0.05, 0.1) is 0 Å². The Morgan fingerprint density at radius 3 is 2.65 bits per heavy atom. The number of hydrogen-bond acceptors (Lipinski definition) is 2. The van der Waals surface area contributed by atoms with Gasteiger partial charge in [-0.15, -0.1) is 0 Å². The summed E-state index contributed by atoms with van der Waals surface area (Å²) in [5, 5.41) is 3.69. The Bertz CT molecular complexity index is 410. The van der Waals surface area contributed by atoms with Gasteiger partial charge in [-0.2, -0.15) is 0 Å². The fourth-order valence-corrected chi connectivity index (χ4v) is 3.19. The van der Waals surface area contributed by atoms with Gasteiger partial charge < -0.3 is 10.1 Å². The molecule has 2 heteroatoms. The van der Waals surface area contributed by atoms with E-state index in [-0.39, 0.29) is 0 Å². The number of aryl methyl sites for hydroxylation is 2. The van der Waals surface area contributed by atoms with Crippen molar-refractivity contribution in [1.29, 1.82) is 0 Å². The maximum absolute atomic E-state index is 6.10. The standard InChI is InChI=1S/C18H29NO/c1-4-11-19-17(16-7-5-6-8-16)13-20-18-10-9-14(2)12-15(18)3/h9-10,12,16-17,19H,4-8,11,13H2,1-3H3. The number of hydrogen-bond donors (Lipinski definition) is 1. The first-order valence-corrected chi connectivity index (χ1v) is 8.14. The first kappa shape index (κ1) is 15.4. The minimum Gasteiger partial charge on any atom is -0.492 e. The third-order valence-electron chi connectivity index (χ3n) is 4.37. The Kier molecular flexibility index (Phi) is 5.90. The van der Waals surface area contributed by atoms with Gasteiger partial charge in [0.1, 0.15) is 12.4 Å². The molecule has 1 aromatic rings. The Hall–Kier alpha value is -1.02. The molecule has 20 heavy (non-hydrogen) atoms. The van der Waals surface area contributed by atoms with Crippen molar-refractivity contribution < 1.29 is 4.74 Å². The minimum atomic E-state index is 0.512. The summed E-state index contributed by atoms with van der Waals surface area (Å²) in [5.74, 6) is 1.84. The summed E-state index contributed by atoms with van der Waals surface area (Å²) in [4.78, 5) is 0. The second-order valence-electron chi connectivity index (χ2n) is 6.19. The van der Waals surface area contributed by atoms with Crippen LogP contribution in [0.25, 0.3) is 0 Å². The average molecular weight is 275 g/mol. The molecule has 0 heterocycles. The quantitative estimate of drug-likeness (QED) is 0.803.